The molecule has 0 aromatic heterocycles. The van der Waals surface area contributed by atoms with Crippen LogP contribution in [0.4, 0.5) is 5.69 Å². The van der Waals surface area contributed by atoms with E-state index in [2.05, 4.69) is 48.3 Å². The molecule has 3 rings (SSSR count). The summed E-state index contributed by atoms with van der Waals surface area (Å²) in [5.74, 6) is 0.874. The molecular weight excluding hydrogens is 256 g/mol. The van der Waals surface area contributed by atoms with Gasteiger partial charge in [0.1, 0.15) is 0 Å². The number of rotatable bonds is 5. The summed E-state index contributed by atoms with van der Waals surface area (Å²) in [6, 6.07) is 10.3. The highest BCUT2D eigenvalue weighted by Crippen LogP contribution is 2.34. The van der Waals surface area contributed by atoms with Crippen molar-refractivity contribution in [2.75, 3.05) is 18.0 Å². The molecule has 0 amide bonds. The maximum absolute atomic E-state index is 3.79. The Balaban J connectivity index is 1.73. The van der Waals surface area contributed by atoms with Crippen molar-refractivity contribution < 1.29 is 0 Å². The Morgan fingerprint density at radius 1 is 1.19 bits per heavy atom. The summed E-state index contributed by atoms with van der Waals surface area (Å²) >= 11 is 0. The molecule has 1 aromatic rings. The molecule has 1 aliphatic carbocycles. The largest absolute Gasteiger partial charge is 0.367 e. The quantitative estimate of drug-likeness (QED) is 0.880. The van der Waals surface area contributed by atoms with Gasteiger partial charge >= 0.3 is 0 Å². The first-order chi connectivity index (χ1) is 10.3. The van der Waals surface area contributed by atoms with Crippen LogP contribution in [0.25, 0.3) is 0 Å². The van der Waals surface area contributed by atoms with Gasteiger partial charge in [-0.3, -0.25) is 0 Å². The third-order valence-electron chi connectivity index (χ3n) is 5.43. The molecule has 1 N–H and O–H groups in total. The molecule has 1 saturated carbocycles. The fraction of sp³-hybridized carbons (Fsp3) is 0.684. The van der Waals surface area contributed by atoms with Gasteiger partial charge in [-0.25, -0.2) is 0 Å². The standard InChI is InChI=1S/C19H30N2/c1-3-20-18(16-9-5-4-6-10-16)14-21-15(2)13-17-11-7-8-12-19(17)21/h7-8,11-12,15-16,18,20H,3-6,9-10,13-14H2,1-2H3. The zero-order valence-corrected chi connectivity index (χ0v) is 13.6. The number of nitrogens with zero attached hydrogens (tertiary/aromatic N) is 1. The minimum Gasteiger partial charge on any atom is -0.367 e. The maximum atomic E-state index is 3.79. The van der Waals surface area contributed by atoms with Gasteiger partial charge < -0.3 is 10.2 Å². The van der Waals surface area contributed by atoms with Crippen LogP contribution in [0.15, 0.2) is 24.3 Å². The highest BCUT2D eigenvalue weighted by atomic mass is 15.2. The molecule has 1 aliphatic heterocycles. The third-order valence-corrected chi connectivity index (χ3v) is 5.43. The lowest BCUT2D eigenvalue weighted by molar-refractivity contribution is 0.270. The minimum absolute atomic E-state index is 0.646. The molecule has 116 valence electrons. The van der Waals surface area contributed by atoms with E-state index >= 15 is 0 Å². The predicted octanol–water partition coefficient (Wildman–Crippen LogP) is 4.00. The molecule has 2 unspecified atom stereocenters. The van der Waals surface area contributed by atoms with E-state index in [-0.39, 0.29) is 0 Å². The summed E-state index contributed by atoms with van der Waals surface area (Å²) in [6.45, 7) is 6.89. The van der Waals surface area contributed by atoms with Crippen molar-refractivity contribution in [1.29, 1.82) is 0 Å². The van der Waals surface area contributed by atoms with Crippen LogP contribution in [-0.2, 0) is 6.42 Å². The number of nitrogens with one attached hydrogen (secondary N) is 1. The maximum Gasteiger partial charge on any atom is 0.0402 e. The van der Waals surface area contributed by atoms with E-state index in [9.17, 15) is 0 Å². The van der Waals surface area contributed by atoms with Crippen molar-refractivity contribution in [2.45, 2.75) is 64.5 Å². The van der Waals surface area contributed by atoms with Crippen molar-refractivity contribution in [3.05, 3.63) is 29.8 Å². The Morgan fingerprint density at radius 2 is 1.95 bits per heavy atom. The van der Waals surface area contributed by atoms with Crippen molar-refractivity contribution in [3.63, 3.8) is 0 Å². The first-order valence-corrected chi connectivity index (χ1v) is 8.87. The van der Waals surface area contributed by atoms with Gasteiger partial charge in [-0.2, -0.15) is 0 Å². The fourth-order valence-electron chi connectivity index (χ4n) is 4.30. The minimum atomic E-state index is 0.646. The molecule has 1 fully saturated rings. The summed E-state index contributed by atoms with van der Waals surface area (Å²) in [5.41, 5.74) is 3.01. The molecule has 0 radical (unpaired) electrons. The topological polar surface area (TPSA) is 15.3 Å². The van der Waals surface area contributed by atoms with Gasteiger partial charge in [-0.1, -0.05) is 44.4 Å². The van der Waals surface area contributed by atoms with Gasteiger partial charge in [0.2, 0.25) is 0 Å². The fourth-order valence-corrected chi connectivity index (χ4v) is 4.30. The van der Waals surface area contributed by atoms with Crippen molar-refractivity contribution in [3.8, 4) is 0 Å². The SMILES string of the molecule is CCNC(CN1c2ccccc2CC1C)C1CCCCC1. The Hall–Kier alpha value is -1.02. The zero-order valence-electron chi connectivity index (χ0n) is 13.6. The smallest absolute Gasteiger partial charge is 0.0402 e. The molecule has 0 bridgehead atoms. The van der Waals surface area contributed by atoms with E-state index in [1.165, 1.54) is 56.3 Å². The number of anilines is 1. The molecule has 1 heterocycles. The number of likely N-dealkylation sites (N-methyl/N-ethyl adjacent to an activating group) is 1. The summed E-state index contributed by atoms with van der Waals surface area (Å²) in [4.78, 5) is 2.65. The van der Waals surface area contributed by atoms with Crippen LogP contribution in [0.3, 0.4) is 0 Å². The molecule has 0 spiro atoms. The lowest BCUT2D eigenvalue weighted by Gasteiger charge is -2.36. The lowest BCUT2D eigenvalue weighted by Crippen LogP contribution is -2.47. The van der Waals surface area contributed by atoms with Gasteiger partial charge in [-0.05, 0) is 50.3 Å². The average molecular weight is 286 g/mol. The number of fused-ring (bicyclic) bond motifs is 1. The van der Waals surface area contributed by atoms with Crippen LogP contribution in [-0.4, -0.2) is 25.2 Å². The van der Waals surface area contributed by atoms with Crippen molar-refractivity contribution in [2.24, 2.45) is 5.92 Å². The van der Waals surface area contributed by atoms with Gasteiger partial charge in [0.25, 0.3) is 0 Å². The van der Waals surface area contributed by atoms with E-state index in [1.807, 2.05) is 0 Å². The molecule has 2 atom stereocenters. The molecule has 2 nitrogen and oxygen atoms in total. The summed E-state index contributed by atoms with van der Waals surface area (Å²) in [6.07, 6.45) is 8.35. The number of para-hydroxylation sites is 1. The third kappa shape index (κ3) is 3.26. The lowest BCUT2D eigenvalue weighted by atomic mass is 9.83. The summed E-state index contributed by atoms with van der Waals surface area (Å²) in [5, 5.41) is 3.79. The van der Waals surface area contributed by atoms with E-state index in [0.29, 0.717) is 12.1 Å². The first-order valence-electron chi connectivity index (χ1n) is 8.87. The van der Waals surface area contributed by atoms with E-state index in [4.69, 9.17) is 0 Å². The average Bonchev–Trinajstić information content (AvgIpc) is 2.84. The van der Waals surface area contributed by atoms with Crippen molar-refractivity contribution in [1.82, 2.24) is 5.32 Å². The molecule has 0 saturated heterocycles. The zero-order chi connectivity index (χ0) is 14.7. The van der Waals surface area contributed by atoms with Gasteiger partial charge in [0.15, 0.2) is 0 Å². The van der Waals surface area contributed by atoms with Gasteiger partial charge in [0, 0.05) is 24.3 Å². The second-order valence-electron chi connectivity index (χ2n) is 6.90. The molecule has 2 heteroatoms. The number of hydrogen-bond donors (Lipinski definition) is 1. The van der Waals surface area contributed by atoms with Crippen LogP contribution >= 0.6 is 0 Å². The van der Waals surface area contributed by atoms with Crippen molar-refractivity contribution >= 4 is 5.69 Å². The van der Waals surface area contributed by atoms with E-state index < -0.39 is 0 Å². The molecule has 1 aromatic carbocycles. The van der Waals surface area contributed by atoms with E-state index in [0.717, 1.165) is 12.5 Å². The summed E-state index contributed by atoms with van der Waals surface area (Å²) in [7, 11) is 0. The number of hydrogen-bond acceptors (Lipinski definition) is 2. The highest BCUT2D eigenvalue weighted by molar-refractivity contribution is 5.59. The molecular formula is C19H30N2. The van der Waals surface area contributed by atoms with Crippen LogP contribution in [0, 0.1) is 5.92 Å². The first kappa shape index (κ1) is 14.9. The second kappa shape index (κ2) is 6.83. The van der Waals surface area contributed by atoms with Crippen LogP contribution in [0.5, 0.6) is 0 Å². The monoisotopic (exact) mass is 286 g/mol. The van der Waals surface area contributed by atoms with Crippen LogP contribution in [0.1, 0.15) is 51.5 Å². The van der Waals surface area contributed by atoms with Gasteiger partial charge in [-0.15, -0.1) is 0 Å². The highest BCUT2D eigenvalue weighted by Gasteiger charge is 2.30. The normalized spacial score (nSPS) is 24.1. The predicted molar refractivity (Wildman–Crippen MR) is 91.0 cm³/mol. The second-order valence-corrected chi connectivity index (χ2v) is 6.90. The van der Waals surface area contributed by atoms with Gasteiger partial charge in [0.05, 0.1) is 0 Å². The molecule has 2 aliphatic rings. The molecule has 21 heavy (non-hydrogen) atoms. The Bertz CT molecular complexity index is 451. The van der Waals surface area contributed by atoms with Crippen LogP contribution in [0.2, 0.25) is 0 Å². The summed E-state index contributed by atoms with van der Waals surface area (Å²) < 4.78 is 0. The number of benzene rings is 1. The Labute approximate surface area is 129 Å². The van der Waals surface area contributed by atoms with Crippen LogP contribution < -0.4 is 10.2 Å². The Morgan fingerprint density at radius 3 is 2.71 bits per heavy atom. The Kier molecular flexibility index (Phi) is 4.84. The van der Waals surface area contributed by atoms with E-state index in [1.54, 1.807) is 0 Å².